The predicted molar refractivity (Wildman–Crippen MR) is 68.3 cm³/mol. The number of aryl methyl sites for hydroxylation is 1. The summed E-state index contributed by atoms with van der Waals surface area (Å²) in [5, 5.41) is 18.4. The van der Waals surface area contributed by atoms with Crippen LogP contribution in [0.4, 0.5) is 0 Å². The number of phenols is 1. The molecule has 94 valence electrons. The van der Waals surface area contributed by atoms with E-state index in [1.807, 2.05) is 29.8 Å². The van der Waals surface area contributed by atoms with Crippen molar-refractivity contribution in [3.05, 3.63) is 42.0 Å². The maximum absolute atomic E-state index is 10.1. The van der Waals surface area contributed by atoms with Crippen molar-refractivity contribution < 1.29 is 5.11 Å². The van der Waals surface area contributed by atoms with Crippen molar-refractivity contribution in [3.8, 4) is 5.75 Å². The molecule has 1 saturated carbocycles. The van der Waals surface area contributed by atoms with Crippen LogP contribution in [0.3, 0.4) is 0 Å². The second kappa shape index (κ2) is 3.83. The molecule has 0 aliphatic heterocycles. The largest absolute Gasteiger partial charge is 0.508 e. The molecule has 0 atom stereocenters. The molecule has 0 saturated heterocycles. The van der Waals surface area contributed by atoms with Gasteiger partial charge in [0.2, 0.25) is 0 Å². The van der Waals surface area contributed by atoms with Crippen LogP contribution in [0.5, 0.6) is 5.75 Å². The molecule has 18 heavy (non-hydrogen) atoms. The third-order valence-electron chi connectivity index (χ3n) is 3.95. The van der Waals surface area contributed by atoms with Gasteiger partial charge >= 0.3 is 0 Å². The second-order valence-electron chi connectivity index (χ2n) is 5.38. The monoisotopic (exact) mass is 243 g/mol. The number of aromatic nitrogens is 3. The highest BCUT2D eigenvalue weighted by Gasteiger charge is 2.49. The predicted octanol–water partition coefficient (Wildman–Crippen LogP) is 2.24. The van der Waals surface area contributed by atoms with E-state index < -0.39 is 0 Å². The standard InChI is InChI=1S/C14H17N3O/c1-10-7-14(8-10,13-16-15-9-17(13)2)11-5-3-4-6-12(11)18/h3-6,9-10,18H,7-8H2,1-2H3. The average Bonchev–Trinajstić information content (AvgIpc) is 2.72. The molecule has 1 heterocycles. The summed E-state index contributed by atoms with van der Waals surface area (Å²) in [6.07, 6.45) is 3.74. The zero-order valence-corrected chi connectivity index (χ0v) is 10.7. The molecule has 0 unspecified atom stereocenters. The Morgan fingerprint density at radius 3 is 2.61 bits per heavy atom. The van der Waals surface area contributed by atoms with Crippen molar-refractivity contribution in [1.29, 1.82) is 0 Å². The molecule has 4 heteroatoms. The van der Waals surface area contributed by atoms with E-state index in [-0.39, 0.29) is 5.41 Å². The lowest BCUT2D eigenvalue weighted by molar-refractivity contribution is 0.181. The van der Waals surface area contributed by atoms with Crippen LogP contribution in [0.1, 0.15) is 31.2 Å². The lowest BCUT2D eigenvalue weighted by Gasteiger charge is -2.46. The third-order valence-corrected chi connectivity index (χ3v) is 3.95. The number of rotatable bonds is 2. The Morgan fingerprint density at radius 1 is 1.33 bits per heavy atom. The number of hydrogen-bond acceptors (Lipinski definition) is 3. The number of hydrogen-bond donors (Lipinski definition) is 1. The Bertz CT molecular complexity index is 570. The summed E-state index contributed by atoms with van der Waals surface area (Å²) in [6, 6.07) is 7.56. The first-order chi connectivity index (χ1) is 8.63. The summed E-state index contributed by atoms with van der Waals surface area (Å²) >= 11 is 0. The van der Waals surface area contributed by atoms with E-state index in [0.717, 1.165) is 24.2 Å². The summed E-state index contributed by atoms with van der Waals surface area (Å²) in [4.78, 5) is 0. The minimum Gasteiger partial charge on any atom is -0.508 e. The zero-order valence-electron chi connectivity index (χ0n) is 10.7. The summed E-state index contributed by atoms with van der Waals surface area (Å²) < 4.78 is 1.96. The molecule has 1 fully saturated rings. The molecule has 0 spiro atoms. The molecule has 0 bridgehead atoms. The Morgan fingerprint density at radius 2 is 2.06 bits per heavy atom. The highest BCUT2D eigenvalue weighted by Crippen LogP contribution is 2.53. The molecule has 0 radical (unpaired) electrons. The van der Waals surface area contributed by atoms with Crippen LogP contribution in [0.2, 0.25) is 0 Å². The molecule has 0 amide bonds. The van der Waals surface area contributed by atoms with Gasteiger partial charge in [-0.1, -0.05) is 25.1 Å². The Kier molecular flexibility index (Phi) is 2.40. The van der Waals surface area contributed by atoms with Gasteiger partial charge in [0.05, 0.1) is 5.41 Å². The second-order valence-corrected chi connectivity index (χ2v) is 5.38. The van der Waals surface area contributed by atoms with Gasteiger partial charge in [-0.15, -0.1) is 10.2 Å². The SMILES string of the molecule is CC1CC(c2ccccc2O)(c2nncn2C)C1. The van der Waals surface area contributed by atoms with Gasteiger partial charge in [-0.25, -0.2) is 0 Å². The van der Waals surface area contributed by atoms with Gasteiger partial charge in [-0.05, 0) is 24.8 Å². The molecule has 2 aromatic rings. The van der Waals surface area contributed by atoms with Crippen LogP contribution < -0.4 is 0 Å². The maximum atomic E-state index is 10.1. The zero-order chi connectivity index (χ0) is 12.8. The Hall–Kier alpha value is -1.84. The van der Waals surface area contributed by atoms with Crippen LogP contribution in [0.25, 0.3) is 0 Å². The van der Waals surface area contributed by atoms with Gasteiger partial charge < -0.3 is 9.67 Å². The van der Waals surface area contributed by atoms with Crippen molar-refractivity contribution >= 4 is 0 Å². The first kappa shape index (κ1) is 11.3. The molecule has 1 aromatic carbocycles. The van der Waals surface area contributed by atoms with Gasteiger partial charge in [0.25, 0.3) is 0 Å². The Labute approximate surface area is 106 Å². The van der Waals surface area contributed by atoms with E-state index in [9.17, 15) is 5.11 Å². The summed E-state index contributed by atoms with van der Waals surface area (Å²) in [5.74, 6) is 1.95. The molecule has 1 N–H and O–H groups in total. The van der Waals surface area contributed by atoms with Crippen molar-refractivity contribution in [2.24, 2.45) is 13.0 Å². The highest BCUT2D eigenvalue weighted by molar-refractivity contribution is 5.45. The van der Waals surface area contributed by atoms with Crippen molar-refractivity contribution in [1.82, 2.24) is 14.8 Å². The van der Waals surface area contributed by atoms with Gasteiger partial charge in [-0.2, -0.15) is 0 Å². The lowest BCUT2D eigenvalue weighted by Crippen LogP contribution is -2.43. The summed E-state index contributed by atoms with van der Waals surface area (Å²) in [6.45, 7) is 2.23. The fourth-order valence-electron chi connectivity index (χ4n) is 3.25. The normalized spacial score (nSPS) is 26.9. The fraction of sp³-hybridized carbons (Fsp3) is 0.429. The quantitative estimate of drug-likeness (QED) is 0.880. The smallest absolute Gasteiger partial charge is 0.143 e. The molecule has 3 rings (SSSR count). The van der Waals surface area contributed by atoms with E-state index in [0.29, 0.717) is 11.7 Å². The van der Waals surface area contributed by atoms with Crippen LogP contribution in [-0.2, 0) is 12.5 Å². The van der Waals surface area contributed by atoms with E-state index in [2.05, 4.69) is 17.1 Å². The molecule has 1 aliphatic carbocycles. The number of benzene rings is 1. The molecule has 4 nitrogen and oxygen atoms in total. The number of para-hydroxylation sites is 1. The van der Waals surface area contributed by atoms with Gasteiger partial charge in [0.1, 0.15) is 17.9 Å². The maximum Gasteiger partial charge on any atom is 0.143 e. The van der Waals surface area contributed by atoms with E-state index in [1.54, 1.807) is 12.4 Å². The minimum absolute atomic E-state index is 0.171. The molecule has 1 aromatic heterocycles. The first-order valence-electron chi connectivity index (χ1n) is 6.26. The molecular weight excluding hydrogens is 226 g/mol. The summed E-state index contributed by atoms with van der Waals surface area (Å²) in [5.41, 5.74) is 0.801. The van der Waals surface area contributed by atoms with Crippen LogP contribution >= 0.6 is 0 Å². The number of aromatic hydroxyl groups is 1. The third kappa shape index (κ3) is 1.45. The van der Waals surface area contributed by atoms with Gasteiger partial charge in [0.15, 0.2) is 0 Å². The van der Waals surface area contributed by atoms with Crippen molar-refractivity contribution in [2.45, 2.75) is 25.2 Å². The topological polar surface area (TPSA) is 50.9 Å². The van der Waals surface area contributed by atoms with E-state index >= 15 is 0 Å². The van der Waals surface area contributed by atoms with Crippen molar-refractivity contribution in [3.63, 3.8) is 0 Å². The molecular formula is C14H17N3O. The average molecular weight is 243 g/mol. The number of phenolic OH excluding ortho intramolecular Hbond substituents is 1. The van der Waals surface area contributed by atoms with E-state index in [4.69, 9.17) is 0 Å². The van der Waals surface area contributed by atoms with Gasteiger partial charge in [0, 0.05) is 12.6 Å². The van der Waals surface area contributed by atoms with Crippen molar-refractivity contribution in [2.75, 3.05) is 0 Å². The lowest BCUT2D eigenvalue weighted by atomic mass is 9.58. The first-order valence-corrected chi connectivity index (χ1v) is 6.26. The summed E-state index contributed by atoms with van der Waals surface area (Å²) in [7, 11) is 1.96. The van der Waals surface area contributed by atoms with Crippen LogP contribution in [0.15, 0.2) is 30.6 Å². The minimum atomic E-state index is -0.171. The van der Waals surface area contributed by atoms with Crippen LogP contribution in [-0.4, -0.2) is 19.9 Å². The number of nitrogens with zero attached hydrogens (tertiary/aromatic N) is 3. The highest BCUT2D eigenvalue weighted by atomic mass is 16.3. The van der Waals surface area contributed by atoms with Crippen LogP contribution in [0, 0.1) is 5.92 Å². The van der Waals surface area contributed by atoms with Gasteiger partial charge in [-0.3, -0.25) is 0 Å². The van der Waals surface area contributed by atoms with E-state index in [1.165, 1.54) is 0 Å². The Balaban J connectivity index is 2.15. The molecule has 1 aliphatic rings. The fourth-order valence-corrected chi connectivity index (χ4v) is 3.25.